The van der Waals surface area contributed by atoms with Crippen LogP contribution < -0.4 is 4.74 Å². The Morgan fingerprint density at radius 2 is 1.59 bits per heavy atom. The molecule has 0 saturated carbocycles. The molecule has 0 aliphatic carbocycles. The molecule has 2 aliphatic rings. The van der Waals surface area contributed by atoms with E-state index in [4.69, 9.17) is 18.9 Å². The van der Waals surface area contributed by atoms with Crippen LogP contribution in [-0.2, 0) is 14.2 Å². The SMILES string of the molecule is Cc1cc(O)cc(O[C@@H]2O[C@H](CO[C@@H]3OC[C@H](O)[C@H](O)[C@H]3O)[C@@H](O)[C@@H](O)[C@H]2O)c1. The maximum Gasteiger partial charge on any atom is 0.229 e. The summed E-state index contributed by atoms with van der Waals surface area (Å²) in [6, 6.07) is 4.38. The van der Waals surface area contributed by atoms with Crippen LogP contribution >= 0.6 is 0 Å². The summed E-state index contributed by atoms with van der Waals surface area (Å²) in [7, 11) is 0. The Hall–Kier alpha value is -1.54. The number of aryl methyl sites for hydroxylation is 1. The molecular formula is C18H26O11. The number of benzene rings is 1. The number of ether oxygens (including phenoxy) is 4. The fraction of sp³-hybridized carbons (Fsp3) is 0.667. The summed E-state index contributed by atoms with van der Waals surface area (Å²) in [6.45, 7) is 1.08. The van der Waals surface area contributed by atoms with Gasteiger partial charge in [-0.2, -0.15) is 0 Å². The van der Waals surface area contributed by atoms with Crippen LogP contribution in [0.3, 0.4) is 0 Å². The van der Waals surface area contributed by atoms with Gasteiger partial charge in [-0.25, -0.2) is 0 Å². The Labute approximate surface area is 166 Å². The van der Waals surface area contributed by atoms with Crippen molar-refractivity contribution in [2.24, 2.45) is 0 Å². The van der Waals surface area contributed by atoms with Gasteiger partial charge in [-0.05, 0) is 24.6 Å². The Balaban J connectivity index is 1.64. The molecule has 0 spiro atoms. The van der Waals surface area contributed by atoms with Crippen molar-refractivity contribution in [1.82, 2.24) is 0 Å². The molecule has 11 nitrogen and oxygen atoms in total. The first kappa shape index (κ1) is 22.2. The third kappa shape index (κ3) is 4.97. The first-order valence-electron chi connectivity index (χ1n) is 9.11. The summed E-state index contributed by atoms with van der Waals surface area (Å²) in [4.78, 5) is 0. The molecule has 2 heterocycles. The average Bonchev–Trinajstić information content (AvgIpc) is 2.66. The highest BCUT2D eigenvalue weighted by Gasteiger charge is 2.46. The normalized spacial score (nSPS) is 40.6. The zero-order valence-electron chi connectivity index (χ0n) is 15.6. The number of aliphatic hydroxyl groups is 6. The molecule has 0 aromatic heterocycles. The van der Waals surface area contributed by atoms with Gasteiger partial charge >= 0.3 is 0 Å². The van der Waals surface area contributed by atoms with Gasteiger partial charge in [0, 0.05) is 6.07 Å². The fourth-order valence-electron chi connectivity index (χ4n) is 3.20. The summed E-state index contributed by atoms with van der Waals surface area (Å²) < 4.78 is 21.4. The molecule has 0 unspecified atom stereocenters. The van der Waals surface area contributed by atoms with Crippen LogP contribution in [0.1, 0.15) is 5.56 Å². The van der Waals surface area contributed by atoms with Crippen molar-refractivity contribution in [2.45, 2.75) is 62.2 Å². The van der Waals surface area contributed by atoms with E-state index in [-0.39, 0.29) is 24.7 Å². The van der Waals surface area contributed by atoms with E-state index in [9.17, 15) is 35.7 Å². The van der Waals surface area contributed by atoms with Crippen molar-refractivity contribution in [1.29, 1.82) is 0 Å². The van der Waals surface area contributed by atoms with Crippen LogP contribution in [0.2, 0.25) is 0 Å². The van der Waals surface area contributed by atoms with E-state index >= 15 is 0 Å². The highest BCUT2D eigenvalue weighted by atomic mass is 16.7. The minimum atomic E-state index is -1.62. The first-order chi connectivity index (χ1) is 13.7. The largest absolute Gasteiger partial charge is 0.508 e. The fourth-order valence-corrected chi connectivity index (χ4v) is 3.20. The smallest absolute Gasteiger partial charge is 0.229 e. The van der Waals surface area contributed by atoms with Crippen LogP contribution in [0.5, 0.6) is 11.5 Å². The predicted octanol–water partition coefficient (Wildman–Crippen LogP) is -2.66. The third-order valence-corrected chi connectivity index (χ3v) is 4.84. The molecule has 164 valence electrons. The molecule has 1 aromatic carbocycles. The Morgan fingerprint density at radius 1 is 0.897 bits per heavy atom. The van der Waals surface area contributed by atoms with E-state index in [1.54, 1.807) is 13.0 Å². The number of hydrogen-bond acceptors (Lipinski definition) is 11. The van der Waals surface area contributed by atoms with Crippen LogP contribution in [-0.4, -0.2) is 104 Å². The van der Waals surface area contributed by atoms with Crippen molar-refractivity contribution in [3.05, 3.63) is 23.8 Å². The Bertz CT molecular complexity index is 666. The standard InChI is InChI=1S/C18H26O11/c1-7-2-8(19)4-9(3-7)28-18-16(25)14(23)13(22)11(29-18)6-27-17-15(24)12(21)10(20)5-26-17/h2-4,10-25H,5-6H2,1H3/t10-,11+,12-,13+,14+,15+,16+,17-,18+/m0/s1. The van der Waals surface area contributed by atoms with E-state index in [1.165, 1.54) is 12.1 Å². The number of aliphatic hydroxyl groups excluding tert-OH is 6. The molecule has 2 fully saturated rings. The third-order valence-electron chi connectivity index (χ3n) is 4.84. The molecule has 9 atom stereocenters. The molecule has 7 N–H and O–H groups in total. The summed E-state index contributed by atoms with van der Waals surface area (Å²) in [5.74, 6) is 0.118. The number of rotatable bonds is 5. The van der Waals surface area contributed by atoms with Crippen LogP contribution in [0, 0.1) is 6.92 Å². The maximum atomic E-state index is 10.2. The van der Waals surface area contributed by atoms with Crippen LogP contribution in [0.4, 0.5) is 0 Å². The number of hydrogen-bond donors (Lipinski definition) is 7. The van der Waals surface area contributed by atoms with E-state index in [0.717, 1.165) is 0 Å². The van der Waals surface area contributed by atoms with Gasteiger partial charge in [0.25, 0.3) is 0 Å². The maximum absolute atomic E-state index is 10.2. The number of phenols is 1. The van der Waals surface area contributed by atoms with Gasteiger partial charge in [-0.1, -0.05) is 0 Å². The van der Waals surface area contributed by atoms with Crippen molar-refractivity contribution in [2.75, 3.05) is 13.2 Å². The van der Waals surface area contributed by atoms with Crippen molar-refractivity contribution in [3.63, 3.8) is 0 Å². The van der Waals surface area contributed by atoms with Gasteiger partial charge in [0.15, 0.2) is 6.29 Å². The topological polar surface area (TPSA) is 179 Å². The minimum Gasteiger partial charge on any atom is -0.508 e. The molecule has 2 saturated heterocycles. The Morgan fingerprint density at radius 3 is 2.28 bits per heavy atom. The van der Waals surface area contributed by atoms with Crippen LogP contribution in [0.25, 0.3) is 0 Å². The first-order valence-corrected chi connectivity index (χ1v) is 9.11. The number of aromatic hydroxyl groups is 1. The van der Waals surface area contributed by atoms with Gasteiger partial charge in [-0.15, -0.1) is 0 Å². The highest BCUT2D eigenvalue weighted by Crippen LogP contribution is 2.28. The zero-order valence-corrected chi connectivity index (χ0v) is 15.6. The van der Waals surface area contributed by atoms with Gasteiger partial charge in [0.1, 0.15) is 54.2 Å². The second kappa shape index (κ2) is 9.08. The zero-order chi connectivity index (χ0) is 21.3. The average molecular weight is 418 g/mol. The molecule has 29 heavy (non-hydrogen) atoms. The quantitative estimate of drug-likeness (QED) is 0.265. The van der Waals surface area contributed by atoms with Crippen LogP contribution in [0.15, 0.2) is 18.2 Å². The van der Waals surface area contributed by atoms with E-state index in [1.807, 2.05) is 0 Å². The van der Waals surface area contributed by atoms with Gasteiger partial charge in [-0.3, -0.25) is 0 Å². The summed E-state index contributed by atoms with van der Waals surface area (Å²) >= 11 is 0. The van der Waals surface area contributed by atoms with Gasteiger partial charge in [0.2, 0.25) is 6.29 Å². The summed E-state index contributed by atoms with van der Waals surface area (Å²) in [6.07, 6.45) is -12.8. The highest BCUT2D eigenvalue weighted by molar-refractivity contribution is 5.37. The van der Waals surface area contributed by atoms with Crippen molar-refractivity contribution < 1.29 is 54.7 Å². The lowest BCUT2D eigenvalue weighted by molar-refractivity contribution is -0.307. The van der Waals surface area contributed by atoms with E-state index in [0.29, 0.717) is 5.56 Å². The summed E-state index contributed by atoms with van der Waals surface area (Å²) in [5, 5.41) is 69.1. The Kier molecular flexibility index (Phi) is 6.94. The lowest BCUT2D eigenvalue weighted by atomic mass is 9.99. The van der Waals surface area contributed by atoms with Crippen molar-refractivity contribution >= 4 is 0 Å². The molecule has 3 rings (SSSR count). The minimum absolute atomic E-state index is 0.0602. The number of phenolic OH excluding ortho intramolecular Hbond substituents is 1. The van der Waals surface area contributed by atoms with Gasteiger partial charge in [0.05, 0.1) is 13.2 Å². The lowest BCUT2D eigenvalue weighted by Crippen LogP contribution is -2.61. The monoisotopic (exact) mass is 418 g/mol. The molecule has 1 aromatic rings. The predicted molar refractivity (Wildman–Crippen MR) is 93.9 cm³/mol. The molecule has 2 aliphatic heterocycles. The van der Waals surface area contributed by atoms with Crippen molar-refractivity contribution in [3.8, 4) is 11.5 Å². The molecular weight excluding hydrogens is 392 g/mol. The molecule has 0 amide bonds. The van der Waals surface area contributed by atoms with E-state index < -0.39 is 55.3 Å². The molecule has 0 bridgehead atoms. The second-order valence-electron chi connectivity index (χ2n) is 7.22. The lowest BCUT2D eigenvalue weighted by Gasteiger charge is -2.41. The van der Waals surface area contributed by atoms with E-state index in [2.05, 4.69) is 0 Å². The summed E-state index contributed by atoms with van der Waals surface area (Å²) in [5.41, 5.74) is 0.690. The molecule has 11 heteroatoms. The van der Waals surface area contributed by atoms with Gasteiger partial charge < -0.3 is 54.7 Å². The molecule has 0 radical (unpaired) electrons. The second-order valence-corrected chi connectivity index (χ2v) is 7.22.